The zero-order chi connectivity index (χ0) is 20.4. The van der Waals surface area contributed by atoms with Gasteiger partial charge < -0.3 is 5.32 Å². The lowest BCUT2D eigenvalue weighted by Crippen LogP contribution is -2.32. The van der Waals surface area contributed by atoms with Crippen LogP contribution in [0.25, 0.3) is 11.0 Å². The van der Waals surface area contributed by atoms with Gasteiger partial charge in [0.25, 0.3) is 11.5 Å². The molecule has 8 heteroatoms. The standard InChI is InChI=1S/C20H21FN4O3/c1-4-9-25-17-16(19(27)24-20(25)28)14(10-15(23-17)11(2)3)18(26)22-13-7-5-12(21)6-8-13/h5-8,10-11H,4,9H2,1-3H3,(H,22,26)(H,24,27,28). The van der Waals surface area contributed by atoms with Crippen LogP contribution in [0.2, 0.25) is 0 Å². The summed E-state index contributed by atoms with van der Waals surface area (Å²) in [4.78, 5) is 44.5. The SMILES string of the molecule is CCCn1c(=O)[nH]c(=O)c2c(C(=O)Nc3ccc(F)cc3)cc(C(C)C)nc21. The smallest absolute Gasteiger partial charge is 0.322 e. The van der Waals surface area contributed by atoms with E-state index in [0.29, 0.717) is 24.3 Å². The molecule has 0 saturated heterocycles. The molecule has 2 heterocycles. The Morgan fingerprint density at radius 1 is 1.25 bits per heavy atom. The van der Waals surface area contributed by atoms with Gasteiger partial charge in [-0.1, -0.05) is 20.8 Å². The molecule has 28 heavy (non-hydrogen) atoms. The number of H-pyrrole nitrogens is 1. The van der Waals surface area contributed by atoms with Gasteiger partial charge in [0.05, 0.1) is 10.9 Å². The quantitative estimate of drug-likeness (QED) is 0.707. The number of carbonyl (C=O) groups is 1. The van der Waals surface area contributed by atoms with Gasteiger partial charge in [-0.3, -0.25) is 19.1 Å². The molecule has 0 aliphatic heterocycles. The van der Waals surface area contributed by atoms with E-state index < -0.39 is 23.0 Å². The number of fused-ring (bicyclic) bond motifs is 1. The van der Waals surface area contributed by atoms with E-state index in [4.69, 9.17) is 0 Å². The first-order valence-electron chi connectivity index (χ1n) is 9.06. The molecule has 0 radical (unpaired) electrons. The molecule has 146 valence electrons. The Morgan fingerprint density at radius 3 is 2.54 bits per heavy atom. The summed E-state index contributed by atoms with van der Waals surface area (Å²) in [5, 5.41) is 2.72. The minimum Gasteiger partial charge on any atom is -0.322 e. The van der Waals surface area contributed by atoms with E-state index in [9.17, 15) is 18.8 Å². The van der Waals surface area contributed by atoms with Crippen molar-refractivity contribution in [3.63, 3.8) is 0 Å². The third-order valence-corrected chi connectivity index (χ3v) is 4.35. The topological polar surface area (TPSA) is 96.9 Å². The number of aryl methyl sites for hydroxylation is 1. The van der Waals surface area contributed by atoms with Crippen molar-refractivity contribution in [3.8, 4) is 0 Å². The second-order valence-corrected chi connectivity index (χ2v) is 6.82. The van der Waals surface area contributed by atoms with Gasteiger partial charge in [-0.05, 0) is 42.7 Å². The highest BCUT2D eigenvalue weighted by Gasteiger charge is 2.20. The van der Waals surface area contributed by atoms with Crippen LogP contribution in [0.15, 0.2) is 39.9 Å². The van der Waals surface area contributed by atoms with Crippen LogP contribution in [-0.2, 0) is 6.54 Å². The maximum atomic E-state index is 13.1. The molecule has 1 amide bonds. The van der Waals surface area contributed by atoms with E-state index in [-0.39, 0.29) is 22.5 Å². The summed E-state index contributed by atoms with van der Waals surface area (Å²) in [6, 6.07) is 6.87. The van der Waals surface area contributed by atoms with Crippen molar-refractivity contribution in [1.82, 2.24) is 14.5 Å². The van der Waals surface area contributed by atoms with E-state index in [1.54, 1.807) is 6.07 Å². The maximum Gasteiger partial charge on any atom is 0.329 e. The zero-order valence-electron chi connectivity index (χ0n) is 15.9. The molecule has 0 unspecified atom stereocenters. The number of aromatic amines is 1. The number of pyridine rings is 1. The number of anilines is 1. The fourth-order valence-electron chi connectivity index (χ4n) is 2.93. The highest BCUT2D eigenvalue weighted by atomic mass is 19.1. The third-order valence-electron chi connectivity index (χ3n) is 4.35. The number of nitrogens with one attached hydrogen (secondary N) is 2. The first-order valence-corrected chi connectivity index (χ1v) is 9.06. The van der Waals surface area contributed by atoms with Gasteiger partial charge >= 0.3 is 5.69 Å². The molecule has 3 rings (SSSR count). The number of nitrogens with zero attached hydrogens (tertiary/aromatic N) is 2. The minimum absolute atomic E-state index is 0.0220. The van der Waals surface area contributed by atoms with Crippen LogP contribution >= 0.6 is 0 Å². The number of hydrogen-bond acceptors (Lipinski definition) is 4. The monoisotopic (exact) mass is 384 g/mol. The molecular weight excluding hydrogens is 363 g/mol. The number of halogens is 1. The summed E-state index contributed by atoms with van der Waals surface area (Å²) >= 11 is 0. The van der Waals surface area contributed by atoms with Crippen LogP contribution in [0, 0.1) is 5.82 Å². The number of carbonyl (C=O) groups excluding carboxylic acids is 1. The van der Waals surface area contributed by atoms with Crippen LogP contribution in [0.1, 0.15) is 49.2 Å². The second kappa shape index (κ2) is 7.75. The summed E-state index contributed by atoms with van der Waals surface area (Å²) in [7, 11) is 0. The predicted octanol–water partition coefficient (Wildman–Crippen LogP) is 3.01. The summed E-state index contributed by atoms with van der Waals surface area (Å²) in [5.41, 5.74) is 0.0552. The lowest BCUT2D eigenvalue weighted by Gasteiger charge is -2.14. The van der Waals surface area contributed by atoms with E-state index in [2.05, 4.69) is 15.3 Å². The number of rotatable bonds is 5. The van der Waals surface area contributed by atoms with Gasteiger partial charge in [-0.2, -0.15) is 0 Å². The molecule has 0 aliphatic carbocycles. The molecule has 0 spiro atoms. The number of hydrogen-bond donors (Lipinski definition) is 2. The van der Waals surface area contributed by atoms with Gasteiger partial charge in [0, 0.05) is 17.9 Å². The van der Waals surface area contributed by atoms with Crippen molar-refractivity contribution in [2.45, 2.75) is 39.7 Å². The summed E-state index contributed by atoms with van der Waals surface area (Å²) in [5.74, 6) is -0.978. The number of amides is 1. The lowest BCUT2D eigenvalue weighted by atomic mass is 10.0. The molecule has 0 fully saturated rings. The Morgan fingerprint density at radius 2 is 1.93 bits per heavy atom. The highest BCUT2D eigenvalue weighted by Crippen LogP contribution is 2.21. The van der Waals surface area contributed by atoms with Crippen molar-refractivity contribution in [1.29, 1.82) is 0 Å². The Bertz CT molecular complexity index is 1150. The van der Waals surface area contributed by atoms with Gasteiger partial charge in [0.2, 0.25) is 0 Å². The average molecular weight is 384 g/mol. The Hall–Kier alpha value is -3.29. The zero-order valence-corrected chi connectivity index (χ0v) is 15.9. The van der Waals surface area contributed by atoms with Crippen LogP contribution in [0.5, 0.6) is 0 Å². The third kappa shape index (κ3) is 3.71. The molecule has 0 saturated carbocycles. The van der Waals surface area contributed by atoms with Crippen LogP contribution in [0.4, 0.5) is 10.1 Å². The maximum absolute atomic E-state index is 13.1. The fourth-order valence-corrected chi connectivity index (χ4v) is 2.93. The molecular formula is C20H21FN4O3. The largest absolute Gasteiger partial charge is 0.329 e. The van der Waals surface area contributed by atoms with Gasteiger partial charge in [0.15, 0.2) is 5.65 Å². The summed E-state index contributed by atoms with van der Waals surface area (Å²) in [6.07, 6.45) is 0.658. The van der Waals surface area contributed by atoms with Crippen molar-refractivity contribution in [2.24, 2.45) is 0 Å². The highest BCUT2D eigenvalue weighted by molar-refractivity contribution is 6.11. The normalized spacial score (nSPS) is 11.2. The molecule has 2 N–H and O–H groups in total. The molecule has 3 aromatic rings. The predicted molar refractivity (Wildman–Crippen MR) is 105 cm³/mol. The molecule has 0 aliphatic rings. The first kappa shape index (κ1) is 19.5. The van der Waals surface area contributed by atoms with E-state index in [0.717, 1.165) is 0 Å². The number of benzene rings is 1. The van der Waals surface area contributed by atoms with Gasteiger partial charge in [0.1, 0.15) is 5.82 Å². The van der Waals surface area contributed by atoms with Gasteiger partial charge in [-0.25, -0.2) is 14.2 Å². The minimum atomic E-state index is -0.667. The average Bonchev–Trinajstić information content (AvgIpc) is 2.65. The molecule has 0 atom stereocenters. The van der Waals surface area contributed by atoms with Gasteiger partial charge in [-0.15, -0.1) is 0 Å². The molecule has 2 aromatic heterocycles. The van der Waals surface area contributed by atoms with E-state index in [1.165, 1.54) is 28.8 Å². The first-order chi connectivity index (χ1) is 13.3. The Balaban J connectivity index is 2.23. The fraction of sp³-hybridized carbons (Fsp3) is 0.300. The molecule has 0 bridgehead atoms. The number of aromatic nitrogens is 3. The Kier molecular flexibility index (Phi) is 5.39. The summed E-state index contributed by atoms with van der Waals surface area (Å²) < 4.78 is 14.5. The van der Waals surface area contributed by atoms with Crippen molar-refractivity contribution < 1.29 is 9.18 Å². The molecule has 7 nitrogen and oxygen atoms in total. The Labute approximate surface area is 160 Å². The van der Waals surface area contributed by atoms with E-state index >= 15 is 0 Å². The van der Waals surface area contributed by atoms with Crippen molar-refractivity contribution >= 4 is 22.6 Å². The van der Waals surface area contributed by atoms with Crippen molar-refractivity contribution in [2.75, 3.05) is 5.32 Å². The van der Waals surface area contributed by atoms with Crippen LogP contribution in [0.3, 0.4) is 0 Å². The van der Waals surface area contributed by atoms with Crippen molar-refractivity contribution in [3.05, 3.63) is 68.2 Å². The summed E-state index contributed by atoms with van der Waals surface area (Å²) in [6.45, 7) is 6.08. The van der Waals surface area contributed by atoms with E-state index in [1.807, 2.05) is 20.8 Å². The second-order valence-electron chi connectivity index (χ2n) is 6.82. The van der Waals surface area contributed by atoms with Crippen LogP contribution in [-0.4, -0.2) is 20.4 Å². The van der Waals surface area contributed by atoms with Crippen LogP contribution < -0.4 is 16.6 Å². The molecule has 1 aromatic carbocycles. The lowest BCUT2D eigenvalue weighted by molar-refractivity contribution is 0.102.